The minimum absolute atomic E-state index is 0.0168. The van der Waals surface area contributed by atoms with Gasteiger partial charge in [-0.25, -0.2) is 19.3 Å². The van der Waals surface area contributed by atoms with Crippen molar-refractivity contribution in [1.29, 1.82) is 0 Å². The highest BCUT2D eigenvalue weighted by molar-refractivity contribution is 5.98. The number of nitrogens with two attached hydrogens (primary N) is 1. The SMILES string of the molecule is Cc1ncn2c1c(N)nc1cc(F)c(C(=O)N(Cc3cn4cc(C(F)(F)F)ccc4n3)CC(C)C)cc12. The summed E-state index contributed by atoms with van der Waals surface area (Å²) in [5.41, 5.74) is 7.67. The summed E-state index contributed by atoms with van der Waals surface area (Å²) in [6, 6.07) is 4.79. The number of imidazole rings is 2. The second kappa shape index (κ2) is 8.71. The van der Waals surface area contributed by atoms with Crippen LogP contribution < -0.4 is 5.73 Å². The molecule has 0 bridgehead atoms. The van der Waals surface area contributed by atoms with Crippen molar-refractivity contribution in [2.75, 3.05) is 12.3 Å². The Bertz CT molecular complexity index is 1670. The van der Waals surface area contributed by atoms with Gasteiger partial charge in [0.05, 0.1) is 40.1 Å². The van der Waals surface area contributed by atoms with Crippen molar-refractivity contribution >= 4 is 33.9 Å². The van der Waals surface area contributed by atoms with Crippen molar-refractivity contribution in [3.8, 4) is 0 Å². The predicted molar refractivity (Wildman–Crippen MR) is 129 cm³/mol. The van der Waals surface area contributed by atoms with Crippen molar-refractivity contribution in [2.24, 2.45) is 5.92 Å². The van der Waals surface area contributed by atoms with Crippen LogP contribution in [0.2, 0.25) is 0 Å². The van der Waals surface area contributed by atoms with E-state index in [2.05, 4.69) is 15.0 Å². The molecule has 12 heteroatoms. The number of carbonyl (C=O) groups excluding carboxylic acids is 1. The van der Waals surface area contributed by atoms with Gasteiger partial charge in [-0.15, -0.1) is 0 Å². The van der Waals surface area contributed by atoms with Crippen molar-refractivity contribution in [1.82, 2.24) is 28.7 Å². The maximum absolute atomic E-state index is 15.2. The zero-order valence-corrected chi connectivity index (χ0v) is 20.2. The number of carbonyl (C=O) groups is 1. The second-order valence-corrected chi connectivity index (χ2v) is 9.36. The predicted octanol–water partition coefficient (Wildman–Crippen LogP) is 4.88. The first-order chi connectivity index (χ1) is 17.4. The number of aryl methyl sites for hydroxylation is 1. The normalized spacial score (nSPS) is 12.3. The Balaban J connectivity index is 1.54. The highest BCUT2D eigenvalue weighted by atomic mass is 19.4. The molecule has 192 valence electrons. The Kier molecular flexibility index (Phi) is 5.76. The zero-order chi connectivity index (χ0) is 26.6. The number of rotatable bonds is 5. The molecule has 4 aromatic heterocycles. The van der Waals surface area contributed by atoms with Crippen molar-refractivity contribution in [3.05, 3.63) is 71.3 Å². The van der Waals surface area contributed by atoms with Gasteiger partial charge in [0.15, 0.2) is 0 Å². The average Bonchev–Trinajstić information content (AvgIpc) is 3.40. The summed E-state index contributed by atoms with van der Waals surface area (Å²) in [7, 11) is 0. The van der Waals surface area contributed by atoms with Crippen molar-refractivity contribution in [2.45, 2.75) is 33.5 Å². The highest BCUT2D eigenvalue weighted by Gasteiger charge is 2.31. The molecule has 0 unspecified atom stereocenters. The Hall–Kier alpha value is -4.22. The summed E-state index contributed by atoms with van der Waals surface area (Å²) in [5.74, 6) is -1.11. The average molecular weight is 513 g/mol. The lowest BCUT2D eigenvalue weighted by atomic mass is 10.1. The van der Waals surface area contributed by atoms with Crippen LogP contribution in [0.3, 0.4) is 0 Å². The monoisotopic (exact) mass is 513 g/mol. The number of aromatic nitrogens is 5. The number of anilines is 1. The highest BCUT2D eigenvalue weighted by Crippen LogP contribution is 2.30. The van der Waals surface area contributed by atoms with Crippen molar-refractivity contribution < 1.29 is 22.4 Å². The fourth-order valence-corrected chi connectivity index (χ4v) is 4.42. The third-order valence-corrected chi connectivity index (χ3v) is 6.04. The number of benzene rings is 1. The molecule has 0 saturated carbocycles. The van der Waals surface area contributed by atoms with E-state index in [-0.39, 0.29) is 35.9 Å². The van der Waals surface area contributed by atoms with Crippen LogP contribution in [0.4, 0.5) is 23.4 Å². The second-order valence-electron chi connectivity index (χ2n) is 9.36. The molecule has 2 N–H and O–H groups in total. The molecule has 4 heterocycles. The Morgan fingerprint density at radius 1 is 1.16 bits per heavy atom. The summed E-state index contributed by atoms with van der Waals surface area (Å²) in [6.45, 7) is 5.84. The molecule has 0 spiro atoms. The number of fused-ring (bicyclic) bond motifs is 4. The van der Waals surface area contributed by atoms with Crippen molar-refractivity contribution in [3.63, 3.8) is 0 Å². The molecular formula is C25H23F4N7O. The molecule has 0 radical (unpaired) electrons. The maximum atomic E-state index is 15.2. The summed E-state index contributed by atoms with van der Waals surface area (Å²) < 4.78 is 57.4. The first kappa shape index (κ1) is 24.5. The van der Waals surface area contributed by atoms with E-state index in [1.54, 1.807) is 11.3 Å². The van der Waals surface area contributed by atoms with Gasteiger partial charge in [0, 0.05) is 25.0 Å². The first-order valence-corrected chi connectivity index (χ1v) is 11.5. The fraction of sp³-hybridized carbons (Fsp3) is 0.280. The van der Waals surface area contributed by atoms with Gasteiger partial charge in [-0.3, -0.25) is 9.20 Å². The Morgan fingerprint density at radius 3 is 2.62 bits per heavy atom. The number of hydrogen-bond donors (Lipinski definition) is 1. The molecule has 0 atom stereocenters. The Labute approximate surface area is 208 Å². The minimum Gasteiger partial charge on any atom is -0.382 e. The number of nitrogen functional groups attached to an aromatic ring is 1. The van der Waals surface area contributed by atoms with Gasteiger partial charge in [0.2, 0.25) is 0 Å². The largest absolute Gasteiger partial charge is 0.417 e. The number of alkyl halides is 3. The lowest BCUT2D eigenvalue weighted by Crippen LogP contribution is -2.34. The van der Waals surface area contributed by atoms with Crippen LogP contribution in [0.5, 0.6) is 0 Å². The van der Waals surface area contributed by atoms with Crippen LogP contribution >= 0.6 is 0 Å². The molecule has 1 aromatic carbocycles. The minimum atomic E-state index is -4.50. The van der Waals surface area contributed by atoms with E-state index in [0.717, 1.165) is 18.3 Å². The number of hydrogen-bond acceptors (Lipinski definition) is 5. The van der Waals surface area contributed by atoms with Crippen LogP contribution in [-0.4, -0.2) is 41.1 Å². The van der Waals surface area contributed by atoms with Crippen LogP contribution in [0.25, 0.3) is 22.2 Å². The molecule has 0 aliphatic heterocycles. The molecule has 0 saturated heterocycles. The number of halogens is 4. The quantitative estimate of drug-likeness (QED) is 0.338. The molecule has 0 fully saturated rings. The van der Waals surface area contributed by atoms with Gasteiger partial charge in [-0.1, -0.05) is 13.8 Å². The third kappa shape index (κ3) is 4.43. The molecule has 37 heavy (non-hydrogen) atoms. The lowest BCUT2D eigenvalue weighted by molar-refractivity contribution is -0.137. The van der Waals surface area contributed by atoms with Crippen LogP contribution in [0, 0.1) is 18.7 Å². The summed E-state index contributed by atoms with van der Waals surface area (Å²) >= 11 is 0. The third-order valence-electron chi connectivity index (χ3n) is 6.04. The summed E-state index contributed by atoms with van der Waals surface area (Å²) in [6.07, 6.45) is -0.577. The maximum Gasteiger partial charge on any atom is 0.417 e. The molecular weight excluding hydrogens is 490 g/mol. The molecule has 0 aliphatic rings. The smallest absolute Gasteiger partial charge is 0.382 e. The molecule has 0 aliphatic carbocycles. The van der Waals surface area contributed by atoms with E-state index in [1.165, 1.54) is 34.0 Å². The lowest BCUT2D eigenvalue weighted by Gasteiger charge is -2.24. The van der Waals surface area contributed by atoms with Crippen LogP contribution in [0.1, 0.15) is 41.2 Å². The molecule has 5 aromatic rings. The number of amides is 1. The zero-order valence-electron chi connectivity index (χ0n) is 20.2. The molecule has 8 nitrogen and oxygen atoms in total. The summed E-state index contributed by atoms with van der Waals surface area (Å²) in [5, 5.41) is 0. The van der Waals surface area contributed by atoms with Gasteiger partial charge in [0.1, 0.15) is 29.1 Å². The molecule has 5 rings (SSSR count). The van der Waals surface area contributed by atoms with Gasteiger partial charge in [-0.05, 0) is 31.0 Å². The Morgan fingerprint density at radius 2 is 1.92 bits per heavy atom. The first-order valence-electron chi connectivity index (χ1n) is 11.5. The van der Waals surface area contributed by atoms with Crippen LogP contribution in [-0.2, 0) is 12.7 Å². The van der Waals surface area contributed by atoms with E-state index < -0.39 is 23.5 Å². The topological polar surface area (TPSA) is 93.8 Å². The number of pyridine rings is 1. The van der Waals surface area contributed by atoms with E-state index in [9.17, 15) is 18.0 Å². The fourth-order valence-electron chi connectivity index (χ4n) is 4.42. The van der Waals surface area contributed by atoms with Gasteiger partial charge in [-0.2, -0.15) is 13.2 Å². The van der Waals surface area contributed by atoms with E-state index in [1.807, 2.05) is 13.8 Å². The molecule has 1 amide bonds. The van der Waals surface area contributed by atoms with Crippen LogP contribution in [0.15, 0.2) is 43.0 Å². The van der Waals surface area contributed by atoms with Gasteiger partial charge < -0.3 is 15.0 Å². The number of nitrogens with zero attached hydrogens (tertiary/aromatic N) is 6. The van der Waals surface area contributed by atoms with E-state index >= 15 is 4.39 Å². The summed E-state index contributed by atoms with van der Waals surface area (Å²) in [4.78, 5) is 27.9. The van der Waals surface area contributed by atoms with Gasteiger partial charge >= 0.3 is 6.18 Å². The standard InChI is InChI=1S/C25H23F4N7O/c1-13(2)8-35(11-16-10-34-9-15(25(27,28)29)4-5-21(34)32-16)24(37)17-6-20-19(7-18(17)26)33-23(30)22-14(3)31-12-36(20)22/h4-7,9-10,12-13H,8,11H2,1-3H3,(H2,30,33). The van der Waals surface area contributed by atoms with E-state index in [4.69, 9.17) is 5.73 Å². The van der Waals surface area contributed by atoms with Gasteiger partial charge in [0.25, 0.3) is 5.91 Å². The van der Waals surface area contributed by atoms with E-state index in [0.29, 0.717) is 28.1 Å².